The third kappa shape index (κ3) is 2.70. The molecular weight excluding hydrogens is 236 g/mol. The minimum absolute atomic E-state index is 0.322. The van der Waals surface area contributed by atoms with Gasteiger partial charge in [0.1, 0.15) is 6.10 Å². The lowest BCUT2D eigenvalue weighted by Crippen LogP contribution is -2.12. The topological polar surface area (TPSA) is 48.1 Å². The average Bonchev–Trinajstić information content (AvgIpc) is 2.93. The van der Waals surface area contributed by atoms with E-state index in [-0.39, 0.29) is 0 Å². The van der Waals surface area contributed by atoms with Gasteiger partial charge in [-0.05, 0) is 55.5 Å². The normalized spacial score (nSPS) is 15.6. The maximum absolute atomic E-state index is 6.05. The Morgan fingerprint density at radius 2 is 1.79 bits per heavy atom. The summed E-state index contributed by atoms with van der Waals surface area (Å²) in [6.07, 6.45) is 6.90. The second-order valence-electron chi connectivity index (χ2n) is 5.00. The van der Waals surface area contributed by atoms with Crippen molar-refractivity contribution in [2.75, 3.05) is 5.73 Å². The Bertz CT molecular complexity index is 545. The molecule has 3 heteroatoms. The van der Waals surface area contributed by atoms with Crippen molar-refractivity contribution in [1.82, 2.24) is 4.98 Å². The molecule has 3 nitrogen and oxygen atoms in total. The van der Waals surface area contributed by atoms with E-state index in [1.165, 1.54) is 12.8 Å². The van der Waals surface area contributed by atoms with Crippen LogP contribution >= 0.6 is 0 Å². The minimum Gasteiger partial charge on any atom is -0.474 e. The summed E-state index contributed by atoms with van der Waals surface area (Å²) in [5.74, 6) is 0.735. The summed E-state index contributed by atoms with van der Waals surface area (Å²) < 4.78 is 6.05. The second-order valence-corrected chi connectivity index (χ2v) is 5.00. The summed E-state index contributed by atoms with van der Waals surface area (Å²) in [6.45, 7) is 0. The van der Waals surface area contributed by atoms with E-state index >= 15 is 0 Å². The molecule has 1 aromatic carbocycles. The molecule has 1 heterocycles. The van der Waals surface area contributed by atoms with E-state index in [0.717, 1.165) is 35.5 Å². The van der Waals surface area contributed by atoms with Crippen LogP contribution < -0.4 is 10.5 Å². The highest BCUT2D eigenvalue weighted by Gasteiger charge is 2.18. The fourth-order valence-corrected chi connectivity index (χ4v) is 2.53. The molecule has 1 aliphatic rings. The monoisotopic (exact) mass is 254 g/mol. The summed E-state index contributed by atoms with van der Waals surface area (Å²) in [7, 11) is 0. The summed E-state index contributed by atoms with van der Waals surface area (Å²) in [6, 6.07) is 11.8. The third-order valence-electron chi connectivity index (χ3n) is 3.57. The van der Waals surface area contributed by atoms with Gasteiger partial charge in [0.25, 0.3) is 0 Å². The number of hydrogen-bond donors (Lipinski definition) is 1. The van der Waals surface area contributed by atoms with E-state index < -0.39 is 0 Å². The first-order valence-electron chi connectivity index (χ1n) is 6.80. The van der Waals surface area contributed by atoms with Crippen LogP contribution in [0.4, 0.5) is 5.69 Å². The lowest BCUT2D eigenvalue weighted by Gasteiger charge is -2.15. The van der Waals surface area contributed by atoms with E-state index in [1.807, 2.05) is 36.4 Å². The van der Waals surface area contributed by atoms with E-state index in [4.69, 9.17) is 10.5 Å². The molecule has 1 aromatic heterocycles. The fourth-order valence-electron chi connectivity index (χ4n) is 2.53. The average molecular weight is 254 g/mol. The molecule has 0 saturated heterocycles. The van der Waals surface area contributed by atoms with Crippen molar-refractivity contribution < 1.29 is 4.74 Å². The predicted molar refractivity (Wildman–Crippen MR) is 77.0 cm³/mol. The van der Waals surface area contributed by atoms with Gasteiger partial charge in [0.2, 0.25) is 5.88 Å². The van der Waals surface area contributed by atoms with Crippen LogP contribution in [0.25, 0.3) is 11.1 Å². The molecule has 1 aliphatic carbocycles. The third-order valence-corrected chi connectivity index (χ3v) is 3.57. The van der Waals surface area contributed by atoms with Gasteiger partial charge >= 0.3 is 0 Å². The Morgan fingerprint density at radius 1 is 1.05 bits per heavy atom. The lowest BCUT2D eigenvalue weighted by atomic mass is 10.1. The van der Waals surface area contributed by atoms with E-state index in [2.05, 4.69) is 4.98 Å². The number of nitrogen functional groups attached to an aromatic ring is 1. The lowest BCUT2D eigenvalue weighted by molar-refractivity contribution is 0.202. The van der Waals surface area contributed by atoms with Gasteiger partial charge in [0.05, 0.1) is 0 Å². The fraction of sp³-hybridized carbons (Fsp3) is 0.312. The predicted octanol–water partition coefficient (Wildman–Crippen LogP) is 3.65. The van der Waals surface area contributed by atoms with E-state index in [1.54, 1.807) is 6.20 Å². The summed E-state index contributed by atoms with van der Waals surface area (Å²) in [4.78, 5) is 4.39. The number of anilines is 1. The number of ether oxygens (including phenoxy) is 1. The molecule has 19 heavy (non-hydrogen) atoms. The maximum Gasteiger partial charge on any atom is 0.221 e. The number of nitrogens with zero attached hydrogens (tertiary/aromatic N) is 1. The Kier molecular flexibility index (Phi) is 3.36. The van der Waals surface area contributed by atoms with Crippen molar-refractivity contribution in [3.8, 4) is 17.0 Å². The van der Waals surface area contributed by atoms with Crippen molar-refractivity contribution in [3.63, 3.8) is 0 Å². The molecule has 0 atom stereocenters. The SMILES string of the molecule is Nc1ccc(-c2cccnc2OC2CCCC2)cc1. The molecule has 0 radical (unpaired) electrons. The van der Waals surface area contributed by atoms with Gasteiger partial charge in [-0.25, -0.2) is 4.98 Å². The van der Waals surface area contributed by atoms with Crippen molar-refractivity contribution in [2.24, 2.45) is 0 Å². The molecule has 0 bridgehead atoms. The standard InChI is InChI=1S/C16H18N2O/c17-13-9-7-12(8-10-13)15-6-3-11-18-16(15)19-14-4-1-2-5-14/h3,6-11,14H,1-2,4-5,17H2. The van der Waals surface area contributed by atoms with Crippen LogP contribution in [-0.2, 0) is 0 Å². The van der Waals surface area contributed by atoms with Crippen LogP contribution in [0, 0.1) is 0 Å². The Labute approximate surface area is 113 Å². The zero-order valence-corrected chi connectivity index (χ0v) is 10.9. The molecule has 2 N–H and O–H groups in total. The molecular formula is C16H18N2O. The van der Waals surface area contributed by atoms with Gasteiger partial charge in [0, 0.05) is 17.4 Å². The molecule has 0 aliphatic heterocycles. The highest BCUT2D eigenvalue weighted by molar-refractivity contribution is 5.69. The molecule has 1 fully saturated rings. The van der Waals surface area contributed by atoms with Gasteiger partial charge in [-0.1, -0.05) is 12.1 Å². The van der Waals surface area contributed by atoms with Crippen LogP contribution in [0.1, 0.15) is 25.7 Å². The summed E-state index contributed by atoms with van der Waals surface area (Å²) >= 11 is 0. The highest BCUT2D eigenvalue weighted by atomic mass is 16.5. The van der Waals surface area contributed by atoms with E-state index in [0.29, 0.717) is 6.10 Å². The molecule has 1 saturated carbocycles. The van der Waals surface area contributed by atoms with Crippen LogP contribution in [0.3, 0.4) is 0 Å². The zero-order chi connectivity index (χ0) is 13.1. The van der Waals surface area contributed by atoms with Crippen molar-refractivity contribution in [3.05, 3.63) is 42.6 Å². The zero-order valence-electron chi connectivity index (χ0n) is 10.9. The van der Waals surface area contributed by atoms with Gasteiger partial charge in [-0.15, -0.1) is 0 Å². The summed E-state index contributed by atoms with van der Waals surface area (Å²) in [5.41, 5.74) is 8.63. The van der Waals surface area contributed by atoms with E-state index in [9.17, 15) is 0 Å². The smallest absolute Gasteiger partial charge is 0.221 e. The largest absolute Gasteiger partial charge is 0.474 e. The number of benzene rings is 1. The van der Waals surface area contributed by atoms with Crippen molar-refractivity contribution >= 4 is 5.69 Å². The van der Waals surface area contributed by atoms with Crippen LogP contribution in [0.15, 0.2) is 42.6 Å². The quantitative estimate of drug-likeness (QED) is 0.850. The Balaban J connectivity index is 1.90. The van der Waals surface area contributed by atoms with Crippen molar-refractivity contribution in [1.29, 1.82) is 0 Å². The number of aromatic nitrogens is 1. The Morgan fingerprint density at radius 3 is 2.53 bits per heavy atom. The number of rotatable bonds is 3. The number of pyridine rings is 1. The first-order chi connectivity index (χ1) is 9.33. The van der Waals surface area contributed by atoms with Crippen LogP contribution in [0.5, 0.6) is 5.88 Å². The van der Waals surface area contributed by atoms with Gasteiger partial charge in [0.15, 0.2) is 0 Å². The van der Waals surface area contributed by atoms with Crippen molar-refractivity contribution in [2.45, 2.75) is 31.8 Å². The summed E-state index contributed by atoms with van der Waals surface area (Å²) in [5, 5.41) is 0. The van der Waals surface area contributed by atoms with Crippen LogP contribution in [-0.4, -0.2) is 11.1 Å². The number of nitrogens with two attached hydrogens (primary N) is 1. The molecule has 0 unspecified atom stereocenters. The first kappa shape index (κ1) is 12.0. The molecule has 98 valence electrons. The van der Waals surface area contributed by atoms with Gasteiger partial charge < -0.3 is 10.5 Å². The van der Waals surface area contributed by atoms with Gasteiger partial charge in [-0.3, -0.25) is 0 Å². The van der Waals surface area contributed by atoms with Crippen LogP contribution in [0.2, 0.25) is 0 Å². The molecule has 3 rings (SSSR count). The van der Waals surface area contributed by atoms with Gasteiger partial charge in [-0.2, -0.15) is 0 Å². The number of hydrogen-bond acceptors (Lipinski definition) is 3. The molecule has 2 aromatic rings. The second kappa shape index (κ2) is 5.31. The Hall–Kier alpha value is -2.03. The first-order valence-corrected chi connectivity index (χ1v) is 6.80. The maximum atomic E-state index is 6.05. The highest BCUT2D eigenvalue weighted by Crippen LogP contribution is 2.31. The molecule has 0 amide bonds. The minimum atomic E-state index is 0.322. The molecule has 0 spiro atoms.